The first-order valence-corrected chi connectivity index (χ1v) is 4.59. The molecule has 0 radical (unpaired) electrons. The van der Waals surface area contributed by atoms with Crippen molar-refractivity contribution in [2.24, 2.45) is 0 Å². The fourth-order valence-electron chi connectivity index (χ4n) is 1.14. The highest BCUT2D eigenvalue weighted by atomic mass is 16.5. The summed E-state index contributed by atoms with van der Waals surface area (Å²) >= 11 is 0. The molecule has 0 aromatic heterocycles. The monoisotopic (exact) mass is 191 g/mol. The third-order valence-corrected chi connectivity index (χ3v) is 1.86. The van der Waals surface area contributed by atoms with Crippen LogP contribution in [0.3, 0.4) is 0 Å². The summed E-state index contributed by atoms with van der Waals surface area (Å²) < 4.78 is 9.90. The van der Waals surface area contributed by atoms with E-state index in [-0.39, 0.29) is 12.6 Å². The second-order valence-electron chi connectivity index (χ2n) is 3.18. The predicted octanol–water partition coefficient (Wildman–Crippen LogP) is 0.00830. The third-order valence-electron chi connectivity index (χ3n) is 1.86. The molecule has 0 rings (SSSR count). The Hall–Kier alpha value is -0.160. The van der Waals surface area contributed by atoms with Crippen molar-refractivity contribution in [1.29, 1.82) is 0 Å². The molecular formula is C9H21NO3. The third kappa shape index (κ3) is 6.95. The average molecular weight is 191 g/mol. The lowest BCUT2D eigenvalue weighted by atomic mass is 10.2. The molecule has 0 heterocycles. The molecular weight excluding hydrogens is 170 g/mol. The van der Waals surface area contributed by atoms with Crippen LogP contribution in [0.25, 0.3) is 0 Å². The summed E-state index contributed by atoms with van der Waals surface area (Å²) in [5.41, 5.74) is 0. The zero-order valence-corrected chi connectivity index (χ0v) is 8.75. The van der Waals surface area contributed by atoms with Crippen LogP contribution in [0.1, 0.15) is 13.3 Å². The van der Waals surface area contributed by atoms with Gasteiger partial charge in [0.05, 0.1) is 19.3 Å². The van der Waals surface area contributed by atoms with Crippen LogP contribution in [0, 0.1) is 0 Å². The molecule has 0 saturated carbocycles. The van der Waals surface area contributed by atoms with Gasteiger partial charge in [-0.3, -0.25) is 0 Å². The second-order valence-corrected chi connectivity index (χ2v) is 3.18. The van der Waals surface area contributed by atoms with E-state index in [1.165, 1.54) is 0 Å². The van der Waals surface area contributed by atoms with Gasteiger partial charge in [0.15, 0.2) is 0 Å². The lowest BCUT2D eigenvalue weighted by Gasteiger charge is -2.20. The molecule has 13 heavy (non-hydrogen) atoms. The zero-order chi connectivity index (χ0) is 10.1. The molecule has 0 bridgehead atoms. The summed E-state index contributed by atoms with van der Waals surface area (Å²) in [6.07, 6.45) is 0.941. The molecule has 4 nitrogen and oxygen atoms in total. The van der Waals surface area contributed by atoms with Crippen LogP contribution in [0.15, 0.2) is 0 Å². The van der Waals surface area contributed by atoms with Gasteiger partial charge in [0.2, 0.25) is 0 Å². The molecule has 2 unspecified atom stereocenters. The van der Waals surface area contributed by atoms with Crippen LogP contribution in [-0.4, -0.2) is 51.2 Å². The summed E-state index contributed by atoms with van der Waals surface area (Å²) in [5.74, 6) is 0. The Morgan fingerprint density at radius 3 is 2.46 bits per heavy atom. The van der Waals surface area contributed by atoms with Gasteiger partial charge in [0.1, 0.15) is 0 Å². The maximum atomic E-state index is 8.96. The number of ether oxygens (including phenoxy) is 2. The summed E-state index contributed by atoms with van der Waals surface area (Å²) in [6.45, 7) is 3.44. The molecule has 0 amide bonds. The Kier molecular flexibility index (Phi) is 8.33. The molecule has 0 aliphatic heterocycles. The van der Waals surface area contributed by atoms with Crippen molar-refractivity contribution in [3.63, 3.8) is 0 Å². The van der Waals surface area contributed by atoms with E-state index in [2.05, 4.69) is 12.2 Å². The van der Waals surface area contributed by atoms with E-state index in [4.69, 9.17) is 14.6 Å². The number of aliphatic hydroxyl groups is 1. The first kappa shape index (κ1) is 12.8. The van der Waals surface area contributed by atoms with Crippen LogP contribution in [0.2, 0.25) is 0 Å². The van der Waals surface area contributed by atoms with E-state index in [9.17, 15) is 0 Å². The van der Waals surface area contributed by atoms with Gasteiger partial charge in [0, 0.05) is 26.9 Å². The van der Waals surface area contributed by atoms with Crippen LogP contribution < -0.4 is 5.32 Å². The SMILES string of the molecule is COCCC(C)NC(CO)COC. The van der Waals surface area contributed by atoms with Gasteiger partial charge < -0.3 is 19.9 Å². The van der Waals surface area contributed by atoms with Crippen molar-refractivity contribution in [3.05, 3.63) is 0 Å². The minimum Gasteiger partial charge on any atom is -0.395 e. The van der Waals surface area contributed by atoms with Gasteiger partial charge in [-0.25, -0.2) is 0 Å². The molecule has 0 spiro atoms. The molecule has 0 aromatic carbocycles. The number of nitrogens with one attached hydrogen (secondary N) is 1. The van der Waals surface area contributed by atoms with Crippen LogP contribution in [0.4, 0.5) is 0 Å². The van der Waals surface area contributed by atoms with Crippen LogP contribution in [-0.2, 0) is 9.47 Å². The Morgan fingerprint density at radius 1 is 1.31 bits per heavy atom. The van der Waals surface area contributed by atoms with Gasteiger partial charge in [-0.1, -0.05) is 0 Å². The smallest absolute Gasteiger partial charge is 0.0638 e. The largest absolute Gasteiger partial charge is 0.395 e. The Labute approximate surface area is 80.2 Å². The summed E-state index contributed by atoms with van der Waals surface area (Å²) in [6, 6.07) is 0.365. The van der Waals surface area contributed by atoms with E-state index >= 15 is 0 Å². The fourth-order valence-corrected chi connectivity index (χ4v) is 1.14. The summed E-state index contributed by atoms with van der Waals surface area (Å²) in [4.78, 5) is 0. The molecule has 0 fully saturated rings. The van der Waals surface area contributed by atoms with Gasteiger partial charge in [-0.05, 0) is 13.3 Å². The quantitative estimate of drug-likeness (QED) is 0.567. The highest BCUT2D eigenvalue weighted by Gasteiger charge is 2.09. The molecule has 0 aliphatic carbocycles. The molecule has 0 saturated heterocycles. The second kappa shape index (κ2) is 8.44. The van der Waals surface area contributed by atoms with Crippen molar-refractivity contribution in [3.8, 4) is 0 Å². The van der Waals surface area contributed by atoms with E-state index in [1.54, 1.807) is 14.2 Å². The summed E-state index contributed by atoms with van der Waals surface area (Å²) in [7, 11) is 3.32. The normalized spacial score (nSPS) is 15.7. The lowest BCUT2D eigenvalue weighted by Crippen LogP contribution is -2.42. The number of methoxy groups -OCH3 is 2. The van der Waals surface area contributed by atoms with Gasteiger partial charge in [0.25, 0.3) is 0 Å². The number of hydrogen-bond donors (Lipinski definition) is 2. The highest BCUT2D eigenvalue weighted by molar-refractivity contribution is 4.69. The maximum absolute atomic E-state index is 8.96. The Morgan fingerprint density at radius 2 is 2.00 bits per heavy atom. The molecule has 4 heteroatoms. The first-order chi connectivity index (χ1) is 6.24. The van der Waals surface area contributed by atoms with Gasteiger partial charge in [-0.15, -0.1) is 0 Å². The lowest BCUT2D eigenvalue weighted by molar-refractivity contribution is 0.117. The number of aliphatic hydroxyl groups excluding tert-OH is 1. The van der Waals surface area contributed by atoms with E-state index in [1.807, 2.05) is 0 Å². The van der Waals surface area contributed by atoms with Crippen molar-refractivity contribution in [2.45, 2.75) is 25.4 Å². The Balaban J connectivity index is 3.53. The highest BCUT2D eigenvalue weighted by Crippen LogP contribution is 1.94. The van der Waals surface area contributed by atoms with Crippen molar-refractivity contribution < 1.29 is 14.6 Å². The topological polar surface area (TPSA) is 50.7 Å². The molecule has 0 aromatic rings. The maximum Gasteiger partial charge on any atom is 0.0638 e. The standard InChI is InChI=1S/C9H21NO3/c1-8(4-5-12-2)10-9(6-11)7-13-3/h8-11H,4-7H2,1-3H3. The van der Waals surface area contributed by atoms with Crippen LogP contribution in [0.5, 0.6) is 0 Å². The predicted molar refractivity (Wildman–Crippen MR) is 51.8 cm³/mol. The zero-order valence-electron chi connectivity index (χ0n) is 8.75. The van der Waals surface area contributed by atoms with Crippen molar-refractivity contribution in [1.82, 2.24) is 5.32 Å². The average Bonchev–Trinajstić information content (AvgIpc) is 2.14. The fraction of sp³-hybridized carbons (Fsp3) is 1.00. The van der Waals surface area contributed by atoms with E-state index < -0.39 is 0 Å². The van der Waals surface area contributed by atoms with Crippen LogP contribution >= 0.6 is 0 Å². The van der Waals surface area contributed by atoms with Gasteiger partial charge in [-0.2, -0.15) is 0 Å². The minimum absolute atomic E-state index is 0.0249. The minimum atomic E-state index is 0.0249. The molecule has 0 aliphatic rings. The number of rotatable bonds is 8. The summed E-state index contributed by atoms with van der Waals surface area (Å²) in [5, 5.41) is 12.2. The van der Waals surface area contributed by atoms with Crippen molar-refractivity contribution >= 4 is 0 Å². The Bertz CT molecular complexity index is 111. The van der Waals surface area contributed by atoms with Gasteiger partial charge >= 0.3 is 0 Å². The van der Waals surface area contributed by atoms with E-state index in [0.717, 1.165) is 13.0 Å². The molecule has 2 N–H and O–H groups in total. The number of hydrogen-bond acceptors (Lipinski definition) is 4. The molecule has 80 valence electrons. The molecule has 2 atom stereocenters. The first-order valence-electron chi connectivity index (χ1n) is 4.59. The van der Waals surface area contributed by atoms with Crippen molar-refractivity contribution in [2.75, 3.05) is 34.0 Å². The van der Waals surface area contributed by atoms with E-state index in [0.29, 0.717) is 12.6 Å².